The number of hydrogen-bond donors (Lipinski definition) is 0. The monoisotopic (exact) mass is 453 g/mol. The summed E-state index contributed by atoms with van der Waals surface area (Å²) in [5, 5.41) is 5.94. The Morgan fingerprint density at radius 3 is 2.09 bits per heavy atom. The van der Waals surface area contributed by atoms with Gasteiger partial charge in [-0.15, -0.1) is 0 Å². The summed E-state index contributed by atoms with van der Waals surface area (Å²) >= 11 is 0. The normalized spacial score (nSPS) is 22.4. The van der Waals surface area contributed by atoms with E-state index in [0.29, 0.717) is 28.4 Å². The Hall–Kier alpha value is -4.26. The number of benzene rings is 3. The number of methoxy groups -OCH3 is 1. The number of para-hydroxylation sites is 1. The van der Waals surface area contributed by atoms with Gasteiger partial charge >= 0.3 is 0 Å². The van der Waals surface area contributed by atoms with Gasteiger partial charge in [0.25, 0.3) is 5.91 Å². The van der Waals surface area contributed by atoms with Crippen molar-refractivity contribution in [3.63, 3.8) is 0 Å². The zero-order valence-electron chi connectivity index (χ0n) is 18.8. The Morgan fingerprint density at radius 1 is 0.853 bits per heavy atom. The molecule has 0 saturated carbocycles. The van der Waals surface area contributed by atoms with Crippen LogP contribution in [-0.4, -0.2) is 30.5 Å². The van der Waals surface area contributed by atoms with Gasteiger partial charge in [0.05, 0.1) is 30.1 Å². The molecule has 7 heteroatoms. The third-order valence-corrected chi connectivity index (χ3v) is 6.58. The first-order valence-electron chi connectivity index (χ1n) is 11.0. The number of carbonyl (C=O) groups excluding carboxylic acids is 3. The molecule has 0 aromatic heterocycles. The van der Waals surface area contributed by atoms with Crippen LogP contribution in [0.3, 0.4) is 0 Å². The summed E-state index contributed by atoms with van der Waals surface area (Å²) in [7, 11) is 1.55. The number of imide groups is 1. The van der Waals surface area contributed by atoms with Gasteiger partial charge < -0.3 is 4.74 Å². The highest BCUT2D eigenvalue weighted by Crippen LogP contribution is 2.47. The fraction of sp³-hybridized carbons (Fsp3) is 0.185. The van der Waals surface area contributed by atoms with Crippen molar-refractivity contribution in [1.82, 2.24) is 0 Å². The summed E-state index contributed by atoms with van der Waals surface area (Å²) < 4.78 is 5.19. The Balaban J connectivity index is 1.62. The second-order valence-electron chi connectivity index (χ2n) is 8.33. The van der Waals surface area contributed by atoms with E-state index in [1.807, 2.05) is 48.5 Å². The molecular formula is C27H23N3O4. The predicted octanol–water partition coefficient (Wildman–Crippen LogP) is 3.94. The minimum absolute atomic E-state index is 0.0962. The smallest absolute Gasteiger partial charge is 0.264 e. The number of carbonyl (C=O) groups is 3. The van der Waals surface area contributed by atoms with Crippen LogP contribution in [0.15, 0.2) is 90.0 Å². The Labute approximate surface area is 197 Å². The van der Waals surface area contributed by atoms with Crippen molar-refractivity contribution >= 4 is 34.8 Å². The Morgan fingerprint density at radius 2 is 1.47 bits per heavy atom. The molecule has 3 amide bonds. The zero-order valence-corrected chi connectivity index (χ0v) is 18.8. The molecule has 2 aliphatic rings. The van der Waals surface area contributed by atoms with E-state index in [1.165, 1.54) is 9.91 Å². The van der Waals surface area contributed by atoms with E-state index in [9.17, 15) is 14.4 Å². The van der Waals surface area contributed by atoms with E-state index >= 15 is 0 Å². The number of ether oxygens (including phenoxy) is 1. The third-order valence-electron chi connectivity index (χ3n) is 6.58. The fourth-order valence-electron chi connectivity index (χ4n) is 4.95. The van der Waals surface area contributed by atoms with Crippen molar-refractivity contribution < 1.29 is 19.1 Å². The van der Waals surface area contributed by atoms with Gasteiger partial charge in [0, 0.05) is 6.42 Å². The summed E-state index contributed by atoms with van der Waals surface area (Å²) in [5.74, 6) is -1.42. The van der Waals surface area contributed by atoms with Crippen LogP contribution in [0.5, 0.6) is 5.75 Å². The highest BCUT2D eigenvalue weighted by Gasteiger charge is 2.62. The van der Waals surface area contributed by atoms with Gasteiger partial charge in [0.2, 0.25) is 11.8 Å². The number of nitrogens with zero attached hydrogens (tertiary/aromatic N) is 3. The van der Waals surface area contributed by atoms with Crippen LogP contribution >= 0.6 is 0 Å². The molecule has 2 unspecified atom stereocenters. The number of amides is 3. The lowest BCUT2D eigenvalue weighted by atomic mass is 9.66. The summed E-state index contributed by atoms with van der Waals surface area (Å²) in [6, 6.07) is 25.0. The Kier molecular flexibility index (Phi) is 5.24. The molecule has 5 rings (SSSR count). The van der Waals surface area contributed by atoms with Gasteiger partial charge in [-0.2, -0.15) is 10.1 Å². The molecule has 2 aliphatic heterocycles. The zero-order chi connectivity index (χ0) is 23.9. The first-order valence-corrected chi connectivity index (χ1v) is 11.0. The lowest BCUT2D eigenvalue weighted by Crippen LogP contribution is -2.51. The van der Waals surface area contributed by atoms with Crippen LogP contribution in [0, 0.1) is 5.92 Å². The molecule has 1 saturated heterocycles. The summed E-state index contributed by atoms with van der Waals surface area (Å²) in [6.07, 6.45) is -0.0962. The lowest BCUT2D eigenvalue weighted by molar-refractivity contribution is -0.129. The van der Waals surface area contributed by atoms with Crippen molar-refractivity contribution in [2.75, 3.05) is 17.0 Å². The minimum Gasteiger partial charge on any atom is -0.497 e. The molecule has 0 N–H and O–H groups in total. The van der Waals surface area contributed by atoms with Crippen molar-refractivity contribution in [1.29, 1.82) is 0 Å². The number of anilines is 2. The molecule has 170 valence electrons. The van der Waals surface area contributed by atoms with Crippen LogP contribution in [0.25, 0.3) is 0 Å². The number of hydrazone groups is 1. The van der Waals surface area contributed by atoms with Gasteiger partial charge in [0.1, 0.15) is 11.2 Å². The third kappa shape index (κ3) is 3.12. The number of rotatable bonds is 5. The van der Waals surface area contributed by atoms with Crippen LogP contribution in [-0.2, 0) is 19.8 Å². The van der Waals surface area contributed by atoms with Crippen LogP contribution in [0.4, 0.5) is 11.4 Å². The van der Waals surface area contributed by atoms with Crippen LogP contribution in [0.1, 0.15) is 18.9 Å². The van der Waals surface area contributed by atoms with Crippen molar-refractivity contribution in [3.05, 3.63) is 90.5 Å². The molecule has 2 heterocycles. The van der Waals surface area contributed by atoms with Crippen LogP contribution in [0.2, 0.25) is 0 Å². The molecule has 0 spiro atoms. The maximum absolute atomic E-state index is 14.1. The van der Waals surface area contributed by atoms with Gasteiger partial charge in [-0.3, -0.25) is 19.3 Å². The van der Waals surface area contributed by atoms with Crippen molar-refractivity contribution in [3.8, 4) is 5.75 Å². The molecule has 7 nitrogen and oxygen atoms in total. The van der Waals surface area contributed by atoms with E-state index < -0.39 is 17.2 Å². The molecule has 34 heavy (non-hydrogen) atoms. The minimum atomic E-state index is -1.38. The van der Waals surface area contributed by atoms with E-state index in [4.69, 9.17) is 4.74 Å². The van der Waals surface area contributed by atoms with Gasteiger partial charge in [-0.1, -0.05) is 48.5 Å². The quantitative estimate of drug-likeness (QED) is 0.548. The van der Waals surface area contributed by atoms with Crippen molar-refractivity contribution in [2.45, 2.75) is 18.8 Å². The summed E-state index contributed by atoms with van der Waals surface area (Å²) in [5.41, 5.74) is 0.790. The summed E-state index contributed by atoms with van der Waals surface area (Å²) in [6.45, 7) is 1.75. The average Bonchev–Trinajstić information content (AvgIpc) is 3.32. The summed E-state index contributed by atoms with van der Waals surface area (Å²) in [4.78, 5) is 42.3. The second-order valence-corrected chi connectivity index (χ2v) is 8.33. The molecular weight excluding hydrogens is 430 g/mol. The largest absolute Gasteiger partial charge is 0.497 e. The predicted molar refractivity (Wildman–Crippen MR) is 129 cm³/mol. The molecule has 1 fully saturated rings. The highest BCUT2D eigenvalue weighted by molar-refractivity contribution is 6.30. The standard InChI is InChI=1S/C27H23N3O4/c1-18-27(19-9-5-3-6-10-19,26(33)30(28-18)21-11-7-4-8-12-21)23-17-24(31)29(25(23)32)20-13-15-22(34-2)16-14-20/h3-16,23H,17H2,1-2H3. The Bertz CT molecular complexity index is 1290. The number of hydrogen-bond acceptors (Lipinski definition) is 5. The second kappa shape index (κ2) is 8.26. The topological polar surface area (TPSA) is 79.3 Å². The molecule has 3 aromatic rings. The van der Waals surface area contributed by atoms with E-state index in [2.05, 4.69) is 5.10 Å². The molecule has 0 aliphatic carbocycles. The molecule has 0 radical (unpaired) electrons. The molecule has 3 aromatic carbocycles. The van der Waals surface area contributed by atoms with Gasteiger partial charge in [-0.25, -0.2) is 0 Å². The van der Waals surface area contributed by atoms with E-state index in [-0.39, 0.29) is 18.2 Å². The van der Waals surface area contributed by atoms with E-state index in [0.717, 1.165) is 0 Å². The van der Waals surface area contributed by atoms with Crippen LogP contribution < -0.4 is 14.6 Å². The SMILES string of the molecule is COc1ccc(N2C(=O)CC(C3(c4ccccc4)C(=O)N(c4ccccc4)N=C3C)C2=O)cc1. The maximum atomic E-state index is 14.1. The molecule has 0 bridgehead atoms. The maximum Gasteiger partial charge on any atom is 0.264 e. The lowest BCUT2D eigenvalue weighted by Gasteiger charge is -2.33. The fourth-order valence-corrected chi connectivity index (χ4v) is 4.95. The van der Waals surface area contributed by atoms with E-state index in [1.54, 1.807) is 50.4 Å². The highest BCUT2D eigenvalue weighted by atomic mass is 16.5. The van der Waals surface area contributed by atoms with Gasteiger partial charge in [-0.05, 0) is 48.9 Å². The van der Waals surface area contributed by atoms with Gasteiger partial charge in [0.15, 0.2) is 0 Å². The average molecular weight is 453 g/mol. The first-order chi connectivity index (χ1) is 16.5. The first kappa shape index (κ1) is 21.6. The van der Waals surface area contributed by atoms with Crippen molar-refractivity contribution in [2.24, 2.45) is 11.0 Å². The molecule has 2 atom stereocenters.